The molecule has 6 aromatic rings. The molecule has 370 valence electrons. The van der Waals surface area contributed by atoms with Crippen molar-refractivity contribution >= 4 is 132 Å². The molecule has 0 amide bonds. The first-order valence-electron chi connectivity index (χ1n) is 18.5. The van der Waals surface area contributed by atoms with E-state index in [1.807, 2.05) is 0 Å². The molecular weight excluding hydrogens is 1050 g/mol. The molecule has 34 heteroatoms. The third-order valence-corrected chi connectivity index (χ3v) is 14.9. The van der Waals surface area contributed by atoms with E-state index in [0.717, 1.165) is 18.2 Å². The van der Waals surface area contributed by atoms with Gasteiger partial charge in [0.05, 0.1) is 78.6 Å². The molecular formula is C36H32N10O18S6. The number of nitrogens with one attached hydrogen (secondary N) is 1. The quantitative estimate of drug-likeness (QED) is 0.00626. The van der Waals surface area contributed by atoms with Gasteiger partial charge in [-0.25, -0.2) is 27.4 Å². The third-order valence-electron chi connectivity index (χ3n) is 8.99. The van der Waals surface area contributed by atoms with Gasteiger partial charge in [-0.05, 0) is 102 Å². The maximum atomic E-state index is 13.2. The van der Waals surface area contributed by atoms with Crippen molar-refractivity contribution in [3.8, 4) is 5.75 Å². The number of sulfone groups is 1. The predicted octanol–water partition coefficient (Wildman–Crippen LogP) is 8.04. The van der Waals surface area contributed by atoms with Crippen LogP contribution in [0.3, 0.4) is 0 Å². The number of benzene rings is 6. The molecule has 0 heterocycles. The number of nitrogen functional groups attached to an aromatic ring is 3. The van der Waals surface area contributed by atoms with E-state index < -0.39 is 72.8 Å². The number of azo groups is 3. The first-order valence-corrected chi connectivity index (χ1v) is 25.9. The molecule has 0 bridgehead atoms. The zero-order chi connectivity index (χ0) is 51.0. The molecule has 70 heavy (non-hydrogen) atoms. The highest BCUT2D eigenvalue weighted by atomic mass is 32.2. The van der Waals surface area contributed by atoms with Gasteiger partial charge in [0, 0.05) is 5.69 Å². The van der Waals surface area contributed by atoms with Crippen molar-refractivity contribution in [2.75, 3.05) is 34.3 Å². The number of sulfonamides is 1. The second-order valence-corrected chi connectivity index (χ2v) is 21.3. The van der Waals surface area contributed by atoms with E-state index in [-0.39, 0.29) is 102 Å². The Morgan fingerprint density at radius 2 is 1.14 bits per heavy atom. The van der Waals surface area contributed by atoms with Crippen LogP contribution in [0.5, 0.6) is 5.75 Å². The largest absolute Gasteiger partial charge is 0.505 e. The SMILES string of the molecule is Nc1cc(N)c(S(=O)(=O)O)cc1/N=N/c1ccc(S(=O)(=O)Nc2ccc(/N=N/c3c(S(=O)(=O)O)cc4cc(SOOO)c(/N=N/c5ccc(S(=O)(=O)CCOSOOO)cc5)c(O)c4c3N)cc2)cc1. The fourth-order valence-electron chi connectivity index (χ4n) is 5.81. The summed E-state index contributed by atoms with van der Waals surface area (Å²) in [6.45, 7) is -0.338. The smallest absolute Gasteiger partial charge is 0.296 e. The van der Waals surface area contributed by atoms with E-state index in [1.165, 1.54) is 78.9 Å². The normalized spacial score (nSPS) is 12.7. The van der Waals surface area contributed by atoms with E-state index in [4.69, 9.17) is 31.9 Å². The van der Waals surface area contributed by atoms with Crippen molar-refractivity contribution in [3.63, 3.8) is 0 Å². The van der Waals surface area contributed by atoms with E-state index in [1.54, 1.807) is 0 Å². The van der Waals surface area contributed by atoms with Crippen LogP contribution in [0.2, 0.25) is 0 Å². The lowest BCUT2D eigenvalue weighted by molar-refractivity contribution is -0.434. The molecule has 6 aromatic carbocycles. The van der Waals surface area contributed by atoms with Gasteiger partial charge in [-0.15, -0.1) is 24.0 Å². The summed E-state index contributed by atoms with van der Waals surface area (Å²) in [5, 5.41) is 58.8. The lowest BCUT2D eigenvalue weighted by Crippen LogP contribution is -2.12. The Morgan fingerprint density at radius 3 is 1.71 bits per heavy atom. The number of phenolic OH excluding ortho intramolecular Hbond substituents is 1. The van der Waals surface area contributed by atoms with Crippen LogP contribution in [0.4, 0.5) is 56.9 Å². The first kappa shape index (κ1) is 52.9. The zero-order valence-electron chi connectivity index (χ0n) is 34.6. The number of fused-ring (bicyclic) bond motifs is 1. The van der Waals surface area contributed by atoms with Crippen molar-refractivity contribution in [1.82, 2.24) is 0 Å². The van der Waals surface area contributed by atoms with Gasteiger partial charge in [-0.1, -0.05) is 10.1 Å². The lowest BCUT2D eigenvalue weighted by Gasteiger charge is -2.14. The van der Waals surface area contributed by atoms with Crippen LogP contribution in [0.1, 0.15) is 0 Å². The summed E-state index contributed by atoms with van der Waals surface area (Å²) in [7, 11) is -17.9. The van der Waals surface area contributed by atoms with Gasteiger partial charge in [-0.2, -0.15) is 32.2 Å². The van der Waals surface area contributed by atoms with Crippen molar-refractivity contribution in [3.05, 3.63) is 97.1 Å². The summed E-state index contributed by atoms with van der Waals surface area (Å²) in [6, 6.07) is 19.1. The van der Waals surface area contributed by atoms with Crippen molar-refractivity contribution < 1.29 is 81.3 Å². The monoisotopic (exact) mass is 1080 g/mol. The summed E-state index contributed by atoms with van der Waals surface area (Å²) >= 11 is 0.488. The molecule has 0 aromatic heterocycles. The maximum Gasteiger partial charge on any atom is 0.296 e. The molecule has 0 fully saturated rings. The molecule has 0 saturated heterocycles. The van der Waals surface area contributed by atoms with Crippen LogP contribution in [0.15, 0.2) is 152 Å². The number of phenols is 1. The Bertz CT molecular complexity index is 3480. The number of aromatic hydroxyl groups is 1. The number of nitrogens with two attached hydrogens (primary N) is 3. The number of rotatable bonds is 21. The van der Waals surface area contributed by atoms with E-state index in [2.05, 4.69) is 54.2 Å². The van der Waals surface area contributed by atoms with E-state index in [0.29, 0.717) is 0 Å². The molecule has 0 aliphatic rings. The minimum Gasteiger partial charge on any atom is -0.505 e. The van der Waals surface area contributed by atoms with Crippen LogP contribution in [-0.2, 0) is 63.0 Å². The molecule has 0 unspecified atom stereocenters. The molecule has 0 radical (unpaired) electrons. The highest BCUT2D eigenvalue weighted by Crippen LogP contribution is 2.50. The van der Waals surface area contributed by atoms with Gasteiger partial charge >= 0.3 is 0 Å². The molecule has 12 N–H and O–H groups in total. The minimum atomic E-state index is -5.11. The standard InChI is InChI=1S/C36H32N10O18S6/c37-26-17-27(38)30(69(54,55)56)18-28(26)43-40-21-7-11-25(12-8-21)68(52,53)46-23-3-1-20(2-4-23)42-45-35-31(70(57,58)59)16-19-15-29(65-63-61-48)34(36(47)32(19)33(35)39)44-41-22-5-9-24(10-6-22)67(50,51)14-13-60-66-64-62-49/h1-12,15-18,46-49H,13-14,37-39H2,(H,54,55,56)(H,57,58,59)/b43-40+,44-41+,45-42+. The number of nitrogens with zero attached hydrogens (tertiary/aromatic N) is 6. The van der Waals surface area contributed by atoms with Gasteiger partial charge in [-0.3, -0.25) is 18.0 Å². The Morgan fingerprint density at radius 1 is 0.600 bits per heavy atom. The fraction of sp³-hybridized carbons (Fsp3) is 0.0556. The van der Waals surface area contributed by atoms with Gasteiger partial charge in [0.15, 0.2) is 27.9 Å². The predicted molar refractivity (Wildman–Crippen MR) is 249 cm³/mol. The molecule has 28 nitrogen and oxygen atoms in total. The van der Waals surface area contributed by atoms with Crippen LogP contribution < -0.4 is 21.9 Å². The topological polar surface area (TPSA) is 448 Å². The average molecular weight is 1090 g/mol. The molecule has 0 saturated carbocycles. The summed E-state index contributed by atoms with van der Waals surface area (Å²) in [5.74, 6) is -1.23. The second-order valence-electron chi connectivity index (χ2n) is 13.5. The molecule has 0 aliphatic heterocycles. The van der Waals surface area contributed by atoms with Gasteiger partial charge < -0.3 is 22.3 Å². The van der Waals surface area contributed by atoms with E-state index >= 15 is 0 Å². The van der Waals surface area contributed by atoms with E-state index in [9.17, 15) is 47.9 Å². The lowest BCUT2D eigenvalue weighted by atomic mass is 10.1. The summed E-state index contributed by atoms with van der Waals surface area (Å²) in [5.41, 5.74) is 16.0. The zero-order valence-corrected chi connectivity index (χ0v) is 39.5. The van der Waals surface area contributed by atoms with Gasteiger partial charge in [0.2, 0.25) is 0 Å². The van der Waals surface area contributed by atoms with Crippen molar-refractivity contribution in [2.45, 2.75) is 24.5 Å². The number of anilines is 4. The fourth-order valence-corrected chi connectivity index (χ4v) is 10.1. The molecule has 6 rings (SSSR count). The number of hydrogen-bond acceptors (Lipinski definition) is 27. The van der Waals surface area contributed by atoms with Crippen LogP contribution >= 0.6 is 24.4 Å². The Kier molecular flexibility index (Phi) is 16.7. The second kappa shape index (κ2) is 22.1. The Labute approximate surface area is 403 Å². The van der Waals surface area contributed by atoms with Crippen LogP contribution in [-0.4, -0.2) is 70.8 Å². The summed E-state index contributed by atoms with van der Waals surface area (Å²) in [6.07, 6.45) is 0. The molecule has 0 aliphatic carbocycles. The highest BCUT2D eigenvalue weighted by molar-refractivity contribution is 7.94. The maximum absolute atomic E-state index is 13.2. The molecule has 0 spiro atoms. The van der Waals surface area contributed by atoms with Crippen molar-refractivity contribution in [2.24, 2.45) is 30.7 Å². The molecule has 0 atom stereocenters. The summed E-state index contributed by atoms with van der Waals surface area (Å²) in [4.78, 5) is -1.99. The Balaban J connectivity index is 1.23. The first-order chi connectivity index (χ1) is 33.0. The Hall–Kier alpha value is -6.48. The van der Waals surface area contributed by atoms with Crippen LogP contribution in [0.25, 0.3) is 10.8 Å². The highest BCUT2D eigenvalue weighted by Gasteiger charge is 2.26. The van der Waals surface area contributed by atoms with Crippen molar-refractivity contribution in [1.29, 1.82) is 0 Å². The van der Waals surface area contributed by atoms with Gasteiger partial charge in [0.25, 0.3) is 30.3 Å². The average Bonchev–Trinajstić information content (AvgIpc) is 3.29. The minimum absolute atomic E-state index is 0.0180. The number of hydrogen-bond donors (Lipinski definition) is 9. The third kappa shape index (κ3) is 13.0. The van der Waals surface area contributed by atoms with Gasteiger partial charge in [0.1, 0.15) is 26.9 Å². The summed E-state index contributed by atoms with van der Waals surface area (Å²) < 4.78 is 135. The van der Waals surface area contributed by atoms with Crippen LogP contribution in [0, 0.1) is 0 Å².